The third-order valence-electron chi connectivity index (χ3n) is 2.92. The highest BCUT2D eigenvalue weighted by atomic mass is 35.5. The molecule has 1 aromatic carbocycles. The molecule has 1 heterocycles. The zero-order valence-electron chi connectivity index (χ0n) is 9.78. The third kappa shape index (κ3) is 2.19. The fraction of sp³-hybridized carbons (Fsp3) is 0.250. The van der Waals surface area contributed by atoms with Gasteiger partial charge in [0.1, 0.15) is 6.04 Å². The first-order valence-electron chi connectivity index (χ1n) is 5.54. The Kier molecular flexibility index (Phi) is 3.80. The molecule has 96 valence electrons. The smallest absolute Gasteiger partial charge is 0.256 e. The van der Waals surface area contributed by atoms with Crippen LogP contribution in [0.3, 0.4) is 0 Å². The summed E-state index contributed by atoms with van der Waals surface area (Å²) in [6, 6.07) is 4.96. The van der Waals surface area contributed by atoms with Gasteiger partial charge in [0.2, 0.25) is 0 Å². The number of amides is 1. The topological polar surface area (TPSA) is 60.1 Å². The van der Waals surface area contributed by atoms with E-state index in [1.807, 2.05) is 23.8 Å². The molecule has 0 aliphatic carbocycles. The Morgan fingerprint density at radius 2 is 2.22 bits per heavy atom. The van der Waals surface area contributed by atoms with E-state index in [0.29, 0.717) is 16.5 Å². The van der Waals surface area contributed by atoms with Gasteiger partial charge in [-0.1, -0.05) is 30.1 Å². The average Bonchev–Trinajstić information content (AvgIpc) is 2.74. The molecule has 0 saturated carbocycles. The molecule has 0 aliphatic heterocycles. The van der Waals surface area contributed by atoms with Crippen molar-refractivity contribution in [2.75, 3.05) is 0 Å². The van der Waals surface area contributed by atoms with Gasteiger partial charge in [0.15, 0.2) is 0 Å². The van der Waals surface area contributed by atoms with Gasteiger partial charge in [-0.15, -0.1) is 0 Å². The van der Waals surface area contributed by atoms with Crippen LogP contribution in [0.2, 0.25) is 10.0 Å². The molecule has 1 aromatic heterocycles. The fourth-order valence-electron chi connectivity index (χ4n) is 2.06. The second kappa shape index (κ2) is 5.18. The first-order chi connectivity index (χ1) is 8.58. The van der Waals surface area contributed by atoms with Gasteiger partial charge < -0.3 is 4.57 Å². The Hall–Kier alpha value is -1.23. The molecule has 1 atom stereocenters. The Morgan fingerprint density at radius 3 is 2.83 bits per heavy atom. The highest BCUT2D eigenvalue weighted by Crippen LogP contribution is 2.31. The van der Waals surface area contributed by atoms with E-state index < -0.39 is 0 Å². The van der Waals surface area contributed by atoms with Gasteiger partial charge in [-0.05, 0) is 24.6 Å². The third-order valence-corrected chi connectivity index (χ3v) is 3.45. The molecule has 6 heteroatoms. The standard InChI is InChI=1S/C12H13Cl2N3O/c1-2-10(12(18)16-15)17-4-3-8-9(14)5-7(13)6-11(8)17/h3-6,10H,2,15H2,1H3,(H,16,18). The maximum atomic E-state index is 11.7. The van der Waals surface area contributed by atoms with Crippen LogP contribution in [-0.2, 0) is 4.79 Å². The summed E-state index contributed by atoms with van der Waals surface area (Å²) >= 11 is 12.1. The molecule has 0 fully saturated rings. The summed E-state index contributed by atoms with van der Waals surface area (Å²) in [5, 5.41) is 1.97. The normalized spacial score (nSPS) is 12.7. The minimum Gasteiger partial charge on any atom is -0.335 e. The summed E-state index contributed by atoms with van der Waals surface area (Å²) in [6.07, 6.45) is 2.44. The number of carbonyl (C=O) groups excluding carboxylic acids is 1. The number of benzene rings is 1. The van der Waals surface area contributed by atoms with Crippen LogP contribution in [0.15, 0.2) is 24.4 Å². The molecule has 1 amide bonds. The number of hydrazine groups is 1. The van der Waals surface area contributed by atoms with E-state index in [1.54, 1.807) is 12.1 Å². The lowest BCUT2D eigenvalue weighted by Crippen LogP contribution is -2.36. The SMILES string of the molecule is CCC(C(=O)NN)n1ccc2c(Cl)cc(Cl)cc21. The first-order valence-corrected chi connectivity index (χ1v) is 6.30. The number of halogens is 2. The summed E-state index contributed by atoms with van der Waals surface area (Å²) in [4.78, 5) is 11.7. The molecule has 2 aromatic rings. The molecule has 0 saturated heterocycles. The van der Waals surface area contributed by atoms with Gasteiger partial charge in [-0.2, -0.15) is 0 Å². The number of carbonyl (C=O) groups is 1. The Morgan fingerprint density at radius 1 is 1.50 bits per heavy atom. The van der Waals surface area contributed by atoms with E-state index >= 15 is 0 Å². The predicted molar refractivity (Wildman–Crippen MR) is 73.6 cm³/mol. The van der Waals surface area contributed by atoms with E-state index in [9.17, 15) is 4.79 Å². The maximum Gasteiger partial charge on any atom is 0.256 e. The molecule has 4 nitrogen and oxygen atoms in total. The second-order valence-electron chi connectivity index (χ2n) is 3.98. The van der Waals surface area contributed by atoms with Gasteiger partial charge >= 0.3 is 0 Å². The van der Waals surface area contributed by atoms with Crippen LogP contribution in [-0.4, -0.2) is 10.5 Å². The molecular weight excluding hydrogens is 273 g/mol. The van der Waals surface area contributed by atoms with Crippen LogP contribution >= 0.6 is 23.2 Å². The van der Waals surface area contributed by atoms with Crippen molar-refractivity contribution < 1.29 is 4.79 Å². The minimum atomic E-state index is -0.373. The van der Waals surface area contributed by atoms with Gasteiger partial charge in [0.05, 0.1) is 10.5 Å². The highest BCUT2D eigenvalue weighted by Gasteiger charge is 2.19. The number of rotatable bonds is 3. The number of hydrogen-bond acceptors (Lipinski definition) is 2. The van der Waals surface area contributed by atoms with E-state index in [1.165, 1.54) is 0 Å². The molecule has 3 N–H and O–H groups in total. The van der Waals surface area contributed by atoms with Crippen LogP contribution in [0, 0.1) is 0 Å². The van der Waals surface area contributed by atoms with E-state index in [2.05, 4.69) is 5.43 Å². The lowest BCUT2D eigenvalue weighted by Gasteiger charge is -2.16. The maximum absolute atomic E-state index is 11.7. The summed E-state index contributed by atoms with van der Waals surface area (Å²) in [5.41, 5.74) is 2.99. The lowest BCUT2D eigenvalue weighted by atomic mass is 10.2. The van der Waals surface area contributed by atoms with Crippen molar-refractivity contribution in [1.29, 1.82) is 0 Å². The van der Waals surface area contributed by atoms with Crippen molar-refractivity contribution in [2.24, 2.45) is 5.84 Å². The predicted octanol–water partition coefficient (Wildman–Crippen LogP) is 2.89. The van der Waals surface area contributed by atoms with E-state index in [4.69, 9.17) is 29.0 Å². The summed E-state index contributed by atoms with van der Waals surface area (Å²) < 4.78 is 1.83. The minimum absolute atomic E-state index is 0.244. The Bertz CT molecular complexity index is 594. The van der Waals surface area contributed by atoms with Crippen molar-refractivity contribution in [3.63, 3.8) is 0 Å². The summed E-state index contributed by atoms with van der Waals surface area (Å²) in [7, 11) is 0. The number of fused-ring (bicyclic) bond motifs is 1. The van der Waals surface area contributed by atoms with Crippen molar-refractivity contribution >= 4 is 40.0 Å². The Labute approximate surface area is 115 Å². The van der Waals surface area contributed by atoms with E-state index in [0.717, 1.165) is 10.9 Å². The molecule has 2 rings (SSSR count). The van der Waals surface area contributed by atoms with Gasteiger partial charge in [0.25, 0.3) is 5.91 Å². The second-order valence-corrected chi connectivity index (χ2v) is 4.82. The zero-order valence-corrected chi connectivity index (χ0v) is 11.3. The average molecular weight is 286 g/mol. The molecule has 0 bridgehead atoms. The van der Waals surface area contributed by atoms with Crippen molar-refractivity contribution in [2.45, 2.75) is 19.4 Å². The molecule has 18 heavy (non-hydrogen) atoms. The largest absolute Gasteiger partial charge is 0.335 e. The number of nitrogens with one attached hydrogen (secondary N) is 1. The Balaban J connectivity index is 2.61. The molecule has 0 aliphatic rings. The van der Waals surface area contributed by atoms with Gasteiger partial charge in [-0.25, -0.2) is 5.84 Å². The van der Waals surface area contributed by atoms with E-state index in [-0.39, 0.29) is 11.9 Å². The van der Waals surface area contributed by atoms with Gasteiger partial charge in [0, 0.05) is 16.6 Å². The fourth-order valence-corrected chi connectivity index (χ4v) is 2.61. The lowest BCUT2D eigenvalue weighted by molar-refractivity contribution is -0.124. The van der Waals surface area contributed by atoms with Crippen molar-refractivity contribution in [3.05, 3.63) is 34.4 Å². The summed E-state index contributed by atoms with van der Waals surface area (Å²) in [6.45, 7) is 1.91. The monoisotopic (exact) mass is 285 g/mol. The van der Waals surface area contributed by atoms with Gasteiger partial charge in [-0.3, -0.25) is 10.2 Å². The van der Waals surface area contributed by atoms with Crippen LogP contribution in [0.1, 0.15) is 19.4 Å². The molecular formula is C12H13Cl2N3O. The quantitative estimate of drug-likeness (QED) is 0.518. The van der Waals surface area contributed by atoms with Crippen LogP contribution < -0.4 is 11.3 Å². The molecule has 0 spiro atoms. The van der Waals surface area contributed by atoms with Crippen LogP contribution in [0.5, 0.6) is 0 Å². The van der Waals surface area contributed by atoms with Crippen LogP contribution in [0.25, 0.3) is 10.9 Å². The molecule has 1 unspecified atom stereocenters. The number of aromatic nitrogens is 1. The number of nitrogens with two attached hydrogens (primary N) is 1. The van der Waals surface area contributed by atoms with Crippen molar-refractivity contribution in [3.8, 4) is 0 Å². The number of nitrogens with zero attached hydrogens (tertiary/aromatic N) is 1. The highest BCUT2D eigenvalue weighted by molar-refractivity contribution is 6.38. The number of hydrogen-bond donors (Lipinski definition) is 2. The summed E-state index contributed by atoms with van der Waals surface area (Å²) in [5.74, 6) is 4.95. The van der Waals surface area contributed by atoms with Crippen LogP contribution in [0.4, 0.5) is 0 Å². The first kappa shape index (κ1) is 13.2. The molecule has 0 radical (unpaired) electrons. The van der Waals surface area contributed by atoms with Crippen molar-refractivity contribution in [1.82, 2.24) is 9.99 Å². The zero-order chi connectivity index (χ0) is 13.3.